The Kier molecular flexibility index (Phi) is 4.72. The average molecular weight is 194 g/mol. The topological polar surface area (TPSA) is 35.5 Å². The van der Waals surface area contributed by atoms with Gasteiger partial charge in [0.2, 0.25) is 0 Å². The zero-order valence-electron chi connectivity index (χ0n) is 8.23. The fourth-order valence-corrected chi connectivity index (χ4v) is 1.04. The molecule has 0 amide bonds. The summed E-state index contributed by atoms with van der Waals surface area (Å²) in [6, 6.07) is 7.06. The van der Waals surface area contributed by atoms with Crippen LogP contribution in [0.2, 0.25) is 0 Å². The molecule has 0 aromatic heterocycles. The molecule has 0 N–H and O–H groups in total. The molecule has 1 aromatic carbocycles. The van der Waals surface area contributed by atoms with Crippen LogP contribution in [0.25, 0.3) is 0 Å². The number of carbonyl (C=O) groups excluding carboxylic acids is 1. The summed E-state index contributed by atoms with van der Waals surface area (Å²) in [6.45, 7) is 3.71. The summed E-state index contributed by atoms with van der Waals surface area (Å²) in [4.78, 5) is 10.5. The molecule has 0 atom stereocenters. The molecule has 0 radical (unpaired) electrons. The van der Waals surface area contributed by atoms with Crippen LogP contribution >= 0.6 is 0 Å². The number of hydrogen-bond acceptors (Lipinski definition) is 3. The third-order valence-corrected chi connectivity index (χ3v) is 1.69. The van der Waals surface area contributed by atoms with E-state index in [4.69, 9.17) is 9.47 Å². The second-order valence-electron chi connectivity index (χ2n) is 2.74. The first kappa shape index (κ1) is 10.7. The molecule has 0 fully saturated rings. The fraction of sp³-hybridized carbons (Fsp3) is 0.364. The van der Waals surface area contributed by atoms with E-state index in [1.165, 1.54) is 0 Å². The Morgan fingerprint density at radius 3 is 2.93 bits per heavy atom. The van der Waals surface area contributed by atoms with Crippen molar-refractivity contribution in [1.29, 1.82) is 0 Å². The number of carbonyl (C=O) groups is 1. The van der Waals surface area contributed by atoms with E-state index in [0.717, 1.165) is 6.29 Å². The third kappa shape index (κ3) is 3.58. The molecule has 0 saturated heterocycles. The average Bonchev–Trinajstić information content (AvgIpc) is 2.25. The van der Waals surface area contributed by atoms with Crippen molar-refractivity contribution in [3.05, 3.63) is 29.8 Å². The van der Waals surface area contributed by atoms with Gasteiger partial charge in [-0.15, -0.1) is 0 Å². The fourth-order valence-electron chi connectivity index (χ4n) is 1.04. The van der Waals surface area contributed by atoms with Gasteiger partial charge in [-0.25, -0.2) is 0 Å². The highest BCUT2D eigenvalue weighted by atomic mass is 16.5. The van der Waals surface area contributed by atoms with Crippen molar-refractivity contribution >= 4 is 6.29 Å². The Hall–Kier alpha value is -1.35. The normalized spacial score (nSPS) is 9.79. The van der Waals surface area contributed by atoms with Crippen LogP contribution in [0, 0.1) is 0 Å². The Bertz CT molecular complexity index is 284. The van der Waals surface area contributed by atoms with Gasteiger partial charge in [0.25, 0.3) is 0 Å². The van der Waals surface area contributed by atoms with Crippen LogP contribution in [0.3, 0.4) is 0 Å². The molecule has 14 heavy (non-hydrogen) atoms. The van der Waals surface area contributed by atoms with Gasteiger partial charge in [0.05, 0.1) is 6.61 Å². The van der Waals surface area contributed by atoms with E-state index < -0.39 is 0 Å². The van der Waals surface area contributed by atoms with Gasteiger partial charge in [0, 0.05) is 12.2 Å². The summed E-state index contributed by atoms with van der Waals surface area (Å²) < 4.78 is 10.5. The molecule has 0 spiro atoms. The molecule has 1 aromatic rings. The summed E-state index contributed by atoms with van der Waals surface area (Å²) in [5, 5.41) is 0. The van der Waals surface area contributed by atoms with Crippen LogP contribution in [0.4, 0.5) is 0 Å². The Morgan fingerprint density at radius 1 is 1.36 bits per heavy atom. The first-order valence-electron chi connectivity index (χ1n) is 4.62. The zero-order valence-corrected chi connectivity index (χ0v) is 8.23. The molecule has 3 heteroatoms. The van der Waals surface area contributed by atoms with E-state index in [-0.39, 0.29) is 0 Å². The Morgan fingerprint density at radius 2 is 2.21 bits per heavy atom. The van der Waals surface area contributed by atoms with Gasteiger partial charge in [-0.3, -0.25) is 4.79 Å². The summed E-state index contributed by atoms with van der Waals surface area (Å²) in [5.74, 6) is 0.703. The Labute approximate surface area is 83.6 Å². The quantitative estimate of drug-likeness (QED) is 0.512. The third-order valence-electron chi connectivity index (χ3n) is 1.69. The minimum atomic E-state index is 0.510. The predicted molar refractivity (Wildman–Crippen MR) is 53.8 cm³/mol. The number of ether oxygens (including phenoxy) is 2. The lowest BCUT2D eigenvalue weighted by molar-refractivity contribution is 0.109. The van der Waals surface area contributed by atoms with Crippen LogP contribution in [0.1, 0.15) is 17.3 Å². The van der Waals surface area contributed by atoms with E-state index >= 15 is 0 Å². The molecule has 0 saturated carbocycles. The zero-order chi connectivity index (χ0) is 10.2. The van der Waals surface area contributed by atoms with Gasteiger partial charge in [-0.2, -0.15) is 0 Å². The van der Waals surface area contributed by atoms with Crippen molar-refractivity contribution in [1.82, 2.24) is 0 Å². The first-order valence-corrected chi connectivity index (χ1v) is 4.62. The van der Waals surface area contributed by atoms with Crippen LogP contribution in [0.5, 0.6) is 5.75 Å². The minimum absolute atomic E-state index is 0.510. The van der Waals surface area contributed by atoms with Gasteiger partial charge in [0.15, 0.2) is 0 Å². The van der Waals surface area contributed by atoms with Gasteiger partial charge < -0.3 is 9.47 Å². The molecule has 1 rings (SSSR count). The molecule has 0 heterocycles. The molecule has 0 aliphatic rings. The highest BCUT2D eigenvalue weighted by molar-refractivity contribution is 5.75. The van der Waals surface area contributed by atoms with Crippen LogP contribution < -0.4 is 4.74 Å². The van der Waals surface area contributed by atoms with E-state index in [1.54, 1.807) is 18.2 Å². The monoisotopic (exact) mass is 194 g/mol. The smallest absolute Gasteiger partial charge is 0.150 e. The van der Waals surface area contributed by atoms with Gasteiger partial charge in [-0.05, 0) is 19.1 Å². The van der Waals surface area contributed by atoms with Crippen molar-refractivity contribution in [3.8, 4) is 5.75 Å². The van der Waals surface area contributed by atoms with Gasteiger partial charge in [0.1, 0.15) is 18.6 Å². The molecular formula is C11H14O3. The van der Waals surface area contributed by atoms with Crippen molar-refractivity contribution in [2.24, 2.45) is 0 Å². The SMILES string of the molecule is CCOCCOc1cccc(C=O)c1. The van der Waals surface area contributed by atoms with Crippen LogP contribution in [-0.2, 0) is 4.74 Å². The molecule has 0 aliphatic carbocycles. The number of benzene rings is 1. The number of aldehydes is 1. The van der Waals surface area contributed by atoms with Gasteiger partial charge >= 0.3 is 0 Å². The van der Waals surface area contributed by atoms with Crippen molar-refractivity contribution in [3.63, 3.8) is 0 Å². The van der Waals surface area contributed by atoms with E-state index in [0.29, 0.717) is 31.1 Å². The number of hydrogen-bond donors (Lipinski definition) is 0. The van der Waals surface area contributed by atoms with E-state index in [9.17, 15) is 4.79 Å². The predicted octanol–water partition coefficient (Wildman–Crippen LogP) is 1.91. The van der Waals surface area contributed by atoms with E-state index in [2.05, 4.69) is 0 Å². The molecule has 0 unspecified atom stereocenters. The lowest BCUT2D eigenvalue weighted by Crippen LogP contribution is -2.06. The van der Waals surface area contributed by atoms with Crippen molar-refractivity contribution in [2.75, 3.05) is 19.8 Å². The summed E-state index contributed by atoms with van der Waals surface area (Å²) in [6.07, 6.45) is 0.801. The van der Waals surface area contributed by atoms with Crippen LogP contribution in [0.15, 0.2) is 24.3 Å². The molecule has 0 bridgehead atoms. The largest absolute Gasteiger partial charge is 0.491 e. The molecular weight excluding hydrogens is 180 g/mol. The molecule has 76 valence electrons. The highest BCUT2D eigenvalue weighted by Crippen LogP contribution is 2.11. The standard InChI is InChI=1S/C11H14O3/c1-2-13-6-7-14-11-5-3-4-10(8-11)9-12/h3-5,8-9H,2,6-7H2,1H3. The maximum Gasteiger partial charge on any atom is 0.150 e. The summed E-state index contributed by atoms with van der Waals surface area (Å²) >= 11 is 0. The van der Waals surface area contributed by atoms with E-state index in [1.807, 2.05) is 13.0 Å². The van der Waals surface area contributed by atoms with Crippen LogP contribution in [-0.4, -0.2) is 26.1 Å². The number of rotatable bonds is 6. The second-order valence-corrected chi connectivity index (χ2v) is 2.74. The van der Waals surface area contributed by atoms with Gasteiger partial charge in [-0.1, -0.05) is 12.1 Å². The maximum atomic E-state index is 10.5. The minimum Gasteiger partial charge on any atom is -0.491 e. The lowest BCUT2D eigenvalue weighted by Gasteiger charge is -2.05. The second kappa shape index (κ2) is 6.16. The maximum absolute atomic E-state index is 10.5. The van der Waals surface area contributed by atoms with Crippen molar-refractivity contribution < 1.29 is 14.3 Å². The summed E-state index contributed by atoms with van der Waals surface area (Å²) in [5.41, 5.74) is 0.624. The highest BCUT2D eigenvalue weighted by Gasteiger charge is 1.95. The first-order chi connectivity index (χ1) is 6.86. The summed E-state index contributed by atoms with van der Waals surface area (Å²) in [7, 11) is 0. The van der Waals surface area contributed by atoms with Crippen molar-refractivity contribution in [2.45, 2.75) is 6.92 Å². The molecule has 0 aliphatic heterocycles. The molecule has 3 nitrogen and oxygen atoms in total. The Balaban J connectivity index is 2.38. The lowest BCUT2D eigenvalue weighted by atomic mass is 10.2.